The first-order valence-electron chi connectivity index (χ1n) is 8.31. The Bertz CT molecular complexity index is 790. The molecular formula is C19H21N3O3. The Kier molecular flexibility index (Phi) is 4.46. The molecule has 1 atom stereocenters. The van der Waals surface area contributed by atoms with Gasteiger partial charge in [0.05, 0.1) is 5.69 Å². The van der Waals surface area contributed by atoms with Crippen molar-refractivity contribution in [2.24, 2.45) is 0 Å². The smallest absolute Gasteiger partial charge is 0.329 e. The lowest BCUT2D eigenvalue weighted by Gasteiger charge is -2.44. The highest BCUT2D eigenvalue weighted by atomic mass is 16.3. The third-order valence-electron chi connectivity index (χ3n) is 4.43. The van der Waals surface area contributed by atoms with E-state index >= 15 is 0 Å². The van der Waals surface area contributed by atoms with E-state index in [-0.39, 0.29) is 0 Å². The number of hydrogen-bond donors (Lipinski definition) is 2. The van der Waals surface area contributed by atoms with Crippen molar-refractivity contribution in [3.05, 3.63) is 60.2 Å². The number of nitrogens with one attached hydrogen (secondary N) is 1. The van der Waals surface area contributed by atoms with Gasteiger partial charge in [-0.25, -0.2) is 4.79 Å². The molecule has 0 aliphatic carbocycles. The molecule has 3 rings (SSSR count). The second-order valence-corrected chi connectivity index (χ2v) is 5.80. The third-order valence-corrected chi connectivity index (χ3v) is 4.43. The maximum absolute atomic E-state index is 13.2. The number of urea groups is 1. The molecule has 3 amide bonds. The highest BCUT2D eigenvalue weighted by Crippen LogP contribution is 2.40. The summed E-state index contributed by atoms with van der Waals surface area (Å²) < 4.78 is 0. The number of fused-ring (bicyclic) bond motifs is 1. The fourth-order valence-corrected chi connectivity index (χ4v) is 3.16. The summed E-state index contributed by atoms with van der Waals surface area (Å²) >= 11 is 0. The number of carbonyl (C=O) groups is 2. The van der Waals surface area contributed by atoms with Gasteiger partial charge in [-0.2, -0.15) is 0 Å². The van der Waals surface area contributed by atoms with Gasteiger partial charge >= 0.3 is 6.03 Å². The van der Waals surface area contributed by atoms with Gasteiger partial charge < -0.3 is 15.3 Å². The van der Waals surface area contributed by atoms with E-state index in [4.69, 9.17) is 0 Å². The fourth-order valence-electron chi connectivity index (χ4n) is 3.16. The SMILES string of the molecule is CCN(CC)C(=O)[C@@]1(O)c2ccccc2NC(=O)N1c1ccccc1. The molecule has 1 aliphatic heterocycles. The van der Waals surface area contributed by atoms with Crippen LogP contribution in [0.1, 0.15) is 19.4 Å². The Hall–Kier alpha value is -2.86. The summed E-state index contributed by atoms with van der Waals surface area (Å²) in [6.45, 7) is 4.55. The number of nitrogens with zero attached hydrogens (tertiary/aromatic N) is 2. The standard InChI is InChI=1S/C19H21N3O3/c1-3-21(4-2)17(23)19(25)15-12-8-9-13-16(15)20-18(24)22(19)14-10-6-5-7-11-14/h5-13,25H,3-4H2,1-2H3,(H,20,24)/t19-/m0/s1. The Balaban J connectivity index is 2.23. The van der Waals surface area contributed by atoms with Gasteiger partial charge in [-0.05, 0) is 32.0 Å². The molecule has 25 heavy (non-hydrogen) atoms. The van der Waals surface area contributed by atoms with E-state index in [2.05, 4.69) is 5.32 Å². The number of rotatable bonds is 4. The largest absolute Gasteiger partial charge is 0.359 e. The second kappa shape index (κ2) is 6.57. The van der Waals surface area contributed by atoms with E-state index in [0.717, 1.165) is 4.90 Å². The summed E-state index contributed by atoms with van der Waals surface area (Å²) in [6.07, 6.45) is 0. The average molecular weight is 339 g/mol. The topological polar surface area (TPSA) is 72.9 Å². The molecule has 1 heterocycles. The zero-order valence-electron chi connectivity index (χ0n) is 14.3. The molecule has 6 heteroatoms. The van der Waals surface area contributed by atoms with Crippen molar-refractivity contribution in [1.82, 2.24) is 4.90 Å². The van der Waals surface area contributed by atoms with E-state index in [0.29, 0.717) is 30.0 Å². The zero-order valence-corrected chi connectivity index (χ0v) is 14.3. The van der Waals surface area contributed by atoms with Crippen LogP contribution in [0.4, 0.5) is 16.2 Å². The van der Waals surface area contributed by atoms with Crippen LogP contribution in [-0.2, 0) is 10.5 Å². The summed E-state index contributed by atoms with van der Waals surface area (Å²) in [6, 6.07) is 15.0. The van der Waals surface area contributed by atoms with Crippen molar-refractivity contribution in [3.8, 4) is 0 Å². The monoisotopic (exact) mass is 339 g/mol. The Morgan fingerprint density at radius 1 is 1.08 bits per heavy atom. The molecule has 0 saturated carbocycles. The van der Waals surface area contributed by atoms with Gasteiger partial charge in [-0.15, -0.1) is 0 Å². The van der Waals surface area contributed by atoms with Gasteiger partial charge in [0.25, 0.3) is 11.6 Å². The number of benzene rings is 2. The number of para-hydroxylation sites is 2. The first kappa shape index (κ1) is 17.0. The molecule has 1 aliphatic rings. The van der Waals surface area contributed by atoms with Crippen molar-refractivity contribution >= 4 is 23.3 Å². The molecule has 2 aromatic rings. The Morgan fingerprint density at radius 3 is 2.32 bits per heavy atom. The number of carbonyl (C=O) groups excluding carboxylic acids is 2. The normalized spacial score (nSPS) is 19.2. The summed E-state index contributed by atoms with van der Waals surface area (Å²) in [5, 5.41) is 14.3. The molecular weight excluding hydrogens is 318 g/mol. The lowest BCUT2D eigenvalue weighted by atomic mass is 9.94. The van der Waals surface area contributed by atoms with E-state index in [1.54, 1.807) is 48.5 Å². The fraction of sp³-hybridized carbons (Fsp3) is 0.263. The summed E-state index contributed by atoms with van der Waals surface area (Å²) in [4.78, 5) is 28.6. The van der Waals surface area contributed by atoms with E-state index in [9.17, 15) is 14.7 Å². The first-order valence-corrected chi connectivity index (χ1v) is 8.31. The van der Waals surface area contributed by atoms with Gasteiger partial charge in [-0.1, -0.05) is 36.4 Å². The lowest BCUT2D eigenvalue weighted by molar-refractivity contribution is -0.151. The van der Waals surface area contributed by atoms with Crippen molar-refractivity contribution in [1.29, 1.82) is 0 Å². The van der Waals surface area contributed by atoms with Crippen LogP contribution < -0.4 is 10.2 Å². The quantitative estimate of drug-likeness (QED) is 0.899. The minimum absolute atomic E-state index is 0.357. The van der Waals surface area contributed by atoms with Crippen LogP contribution in [-0.4, -0.2) is 35.0 Å². The van der Waals surface area contributed by atoms with Crippen LogP contribution in [0.15, 0.2) is 54.6 Å². The molecule has 0 aromatic heterocycles. The van der Waals surface area contributed by atoms with Crippen molar-refractivity contribution in [2.75, 3.05) is 23.3 Å². The molecule has 0 radical (unpaired) electrons. The number of amides is 3. The molecule has 0 bridgehead atoms. The summed E-state index contributed by atoms with van der Waals surface area (Å²) in [7, 11) is 0. The minimum Gasteiger partial charge on any atom is -0.359 e. The van der Waals surface area contributed by atoms with E-state index in [1.807, 2.05) is 19.9 Å². The molecule has 6 nitrogen and oxygen atoms in total. The number of likely N-dealkylation sites (N-methyl/N-ethyl adjacent to an activating group) is 1. The zero-order chi connectivity index (χ0) is 18.0. The number of hydrogen-bond acceptors (Lipinski definition) is 3. The average Bonchev–Trinajstić information content (AvgIpc) is 2.63. The third kappa shape index (κ3) is 2.64. The molecule has 0 saturated heterocycles. The Morgan fingerprint density at radius 2 is 1.68 bits per heavy atom. The van der Waals surface area contributed by atoms with Gasteiger partial charge in [0, 0.05) is 24.3 Å². The second-order valence-electron chi connectivity index (χ2n) is 5.80. The van der Waals surface area contributed by atoms with Crippen LogP contribution in [0.5, 0.6) is 0 Å². The number of aliphatic hydroxyl groups is 1. The van der Waals surface area contributed by atoms with Crippen molar-refractivity contribution in [2.45, 2.75) is 19.6 Å². The highest BCUT2D eigenvalue weighted by Gasteiger charge is 2.53. The highest BCUT2D eigenvalue weighted by molar-refractivity contribution is 6.11. The molecule has 130 valence electrons. The predicted octanol–water partition coefficient (Wildman–Crippen LogP) is 2.75. The van der Waals surface area contributed by atoms with Crippen molar-refractivity contribution < 1.29 is 14.7 Å². The van der Waals surface area contributed by atoms with Gasteiger partial charge in [0.1, 0.15) is 0 Å². The molecule has 2 N–H and O–H groups in total. The maximum atomic E-state index is 13.2. The van der Waals surface area contributed by atoms with Crippen molar-refractivity contribution in [3.63, 3.8) is 0 Å². The lowest BCUT2D eigenvalue weighted by Crippen LogP contribution is -2.63. The van der Waals surface area contributed by atoms with Crippen LogP contribution in [0.25, 0.3) is 0 Å². The van der Waals surface area contributed by atoms with Gasteiger partial charge in [0.15, 0.2) is 0 Å². The molecule has 2 aromatic carbocycles. The maximum Gasteiger partial charge on any atom is 0.329 e. The minimum atomic E-state index is -2.10. The Labute approximate surface area is 146 Å². The van der Waals surface area contributed by atoms with Gasteiger partial charge in [-0.3, -0.25) is 9.69 Å². The van der Waals surface area contributed by atoms with E-state index < -0.39 is 17.7 Å². The van der Waals surface area contributed by atoms with Crippen LogP contribution in [0, 0.1) is 0 Å². The summed E-state index contributed by atoms with van der Waals surface area (Å²) in [5.74, 6) is -0.524. The summed E-state index contributed by atoms with van der Waals surface area (Å²) in [5.41, 5.74) is -0.873. The molecule has 0 spiro atoms. The molecule has 0 unspecified atom stereocenters. The number of anilines is 2. The first-order chi connectivity index (χ1) is 12.0. The van der Waals surface area contributed by atoms with Gasteiger partial charge in [0.2, 0.25) is 0 Å². The molecule has 0 fully saturated rings. The predicted molar refractivity (Wildman–Crippen MR) is 96.2 cm³/mol. The van der Waals surface area contributed by atoms with Crippen LogP contribution >= 0.6 is 0 Å². The van der Waals surface area contributed by atoms with Crippen LogP contribution in [0.2, 0.25) is 0 Å². The van der Waals surface area contributed by atoms with E-state index in [1.165, 1.54) is 4.90 Å². The van der Waals surface area contributed by atoms with Crippen LogP contribution in [0.3, 0.4) is 0 Å².